The first-order valence-corrected chi connectivity index (χ1v) is 11.1. The highest BCUT2D eigenvalue weighted by Crippen LogP contribution is 2.37. The topological polar surface area (TPSA) is 67.9 Å². The van der Waals surface area contributed by atoms with Crippen molar-refractivity contribution in [1.82, 2.24) is 10.2 Å². The first-order valence-electron chi connectivity index (χ1n) is 11.1. The second-order valence-electron chi connectivity index (χ2n) is 8.87. The number of hydrogen-bond acceptors (Lipinski definition) is 4. The minimum absolute atomic E-state index is 0.203. The predicted octanol–water partition coefficient (Wildman–Crippen LogP) is 3.40. The van der Waals surface area contributed by atoms with Crippen LogP contribution in [0.4, 0.5) is 8.78 Å². The standard InChI is InChI=1S/C25H28F2N2O4/c1-18(30)28-25(27,14-19-7-3-2-4-8-19)23(31)29-12-6-11-24(17-29)15-22(16-32-24)33-21-10-5-9-20(26)13-21/h2-5,7-10,13,22H,6,11-12,14-17H2,1H3,(H,28,30)/t22-,24+,25+/m1/s1. The molecule has 0 aromatic heterocycles. The Labute approximate surface area is 191 Å². The number of alkyl halides is 1. The van der Waals surface area contributed by atoms with E-state index in [1.165, 1.54) is 24.0 Å². The molecule has 0 unspecified atom stereocenters. The summed E-state index contributed by atoms with van der Waals surface area (Å²) in [6.45, 7) is 2.07. The van der Waals surface area contributed by atoms with Gasteiger partial charge in [-0.05, 0) is 30.5 Å². The van der Waals surface area contributed by atoms with Crippen LogP contribution < -0.4 is 10.1 Å². The Morgan fingerprint density at radius 1 is 1.24 bits per heavy atom. The lowest BCUT2D eigenvalue weighted by Crippen LogP contribution is -2.61. The molecule has 2 amide bonds. The van der Waals surface area contributed by atoms with Crippen LogP contribution in [0, 0.1) is 5.82 Å². The minimum Gasteiger partial charge on any atom is -0.488 e. The molecule has 2 aromatic rings. The van der Waals surface area contributed by atoms with Crippen LogP contribution in [0.15, 0.2) is 54.6 Å². The van der Waals surface area contributed by atoms with Crippen molar-refractivity contribution in [2.24, 2.45) is 0 Å². The lowest BCUT2D eigenvalue weighted by molar-refractivity contribution is -0.156. The maximum atomic E-state index is 16.0. The van der Waals surface area contributed by atoms with Crippen molar-refractivity contribution in [3.8, 4) is 5.75 Å². The molecule has 33 heavy (non-hydrogen) atoms. The van der Waals surface area contributed by atoms with E-state index in [1.54, 1.807) is 42.5 Å². The van der Waals surface area contributed by atoms with Crippen LogP contribution in [0.3, 0.4) is 0 Å². The van der Waals surface area contributed by atoms with Gasteiger partial charge in [0.15, 0.2) is 0 Å². The van der Waals surface area contributed by atoms with E-state index in [0.29, 0.717) is 43.7 Å². The first-order chi connectivity index (χ1) is 15.8. The van der Waals surface area contributed by atoms with E-state index in [2.05, 4.69) is 5.32 Å². The smallest absolute Gasteiger partial charge is 0.281 e. The average Bonchev–Trinajstić information content (AvgIpc) is 3.14. The van der Waals surface area contributed by atoms with E-state index in [1.807, 2.05) is 0 Å². The number of hydrogen-bond donors (Lipinski definition) is 1. The van der Waals surface area contributed by atoms with E-state index in [0.717, 1.165) is 0 Å². The zero-order chi connectivity index (χ0) is 23.5. The Morgan fingerprint density at radius 2 is 2.03 bits per heavy atom. The number of halogens is 2. The van der Waals surface area contributed by atoms with Gasteiger partial charge in [-0.1, -0.05) is 36.4 Å². The largest absolute Gasteiger partial charge is 0.488 e. The third-order valence-electron chi connectivity index (χ3n) is 6.10. The molecule has 2 aliphatic heterocycles. The van der Waals surface area contributed by atoms with Crippen molar-refractivity contribution in [1.29, 1.82) is 0 Å². The van der Waals surface area contributed by atoms with Crippen molar-refractivity contribution in [3.63, 3.8) is 0 Å². The van der Waals surface area contributed by atoms with E-state index < -0.39 is 23.2 Å². The molecule has 6 nitrogen and oxygen atoms in total. The van der Waals surface area contributed by atoms with Crippen molar-refractivity contribution < 1.29 is 27.8 Å². The highest BCUT2D eigenvalue weighted by molar-refractivity contribution is 5.90. The number of ether oxygens (including phenoxy) is 2. The molecule has 0 bridgehead atoms. The Bertz CT molecular complexity index is 1000. The number of carbonyl (C=O) groups is 2. The van der Waals surface area contributed by atoms with Crippen molar-refractivity contribution in [2.45, 2.75) is 50.1 Å². The molecule has 4 rings (SSSR count). The fraction of sp³-hybridized carbons (Fsp3) is 0.440. The summed E-state index contributed by atoms with van der Waals surface area (Å²) in [5.74, 6) is -3.92. The summed E-state index contributed by atoms with van der Waals surface area (Å²) < 4.78 is 41.4. The number of rotatable bonds is 6. The molecule has 1 N–H and O–H groups in total. The SMILES string of the molecule is CC(=O)N[C@@](F)(Cc1ccccc1)C(=O)N1CCC[C@]2(C[C@@H](Oc3cccc(F)c3)CO2)C1. The lowest BCUT2D eigenvalue weighted by atomic mass is 9.88. The van der Waals surface area contributed by atoms with E-state index >= 15 is 4.39 Å². The maximum Gasteiger partial charge on any atom is 0.281 e. The van der Waals surface area contributed by atoms with Crippen LogP contribution in [0.5, 0.6) is 5.75 Å². The summed E-state index contributed by atoms with van der Waals surface area (Å²) in [6, 6.07) is 14.7. The van der Waals surface area contributed by atoms with Gasteiger partial charge in [-0.2, -0.15) is 0 Å². The normalized spacial score (nSPS) is 24.3. The third kappa shape index (κ3) is 5.50. The molecule has 1 spiro atoms. The van der Waals surface area contributed by atoms with Crippen molar-refractivity contribution in [2.75, 3.05) is 19.7 Å². The van der Waals surface area contributed by atoms with E-state index in [9.17, 15) is 14.0 Å². The molecule has 2 saturated heterocycles. The van der Waals surface area contributed by atoms with E-state index in [-0.39, 0.29) is 24.9 Å². The predicted molar refractivity (Wildman–Crippen MR) is 118 cm³/mol. The summed E-state index contributed by atoms with van der Waals surface area (Å²) in [4.78, 5) is 26.5. The number of benzene rings is 2. The van der Waals surface area contributed by atoms with Gasteiger partial charge in [0.25, 0.3) is 11.7 Å². The molecule has 0 radical (unpaired) electrons. The number of nitrogens with one attached hydrogen (secondary N) is 1. The van der Waals surface area contributed by atoms with Crippen molar-refractivity contribution in [3.05, 3.63) is 66.0 Å². The maximum absolute atomic E-state index is 16.0. The van der Waals surface area contributed by atoms with Crippen LogP contribution in [0.2, 0.25) is 0 Å². The highest BCUT2D eigenvalue weighted by Gasteiger charge is 2.49. The second-order valence-corrected chi connectivity index (χ2v) is 8.87. The van der Waals surface area contributed by atoms with Crippen LogP contribution in [0.1, 0.15) is 31.7 Å². The summed E-state index contributed by atoms with van der Waals surface area (Å²) in [5.41, 5.74) is -0.0509. The highest BCUT2D eigenvalue weighted by atomic mass is 19.1. The fourth-order valence-corrected chi connectivity index (χ4v) is 4.75. The average molecular weight is 459 g/mol. The summed E-state index contributed by atoms with van der Waals surface area (Å²) in [7, 11) is 0. The Kier molecular flexibility index (Phi) is 6.65. The van der Waals surface area contributed by atoms with Crippen LogP contribution >= 0.6 is 0 Å². The van der Waals surface area contributed by atoms with Crippen LogP contribution in [-0.4, -0.2) is 53.9 Å². The number of amides is 2. The molecular formula is C25H28F2N2O4. The Balaban J connectivity index is 1.46. The molecule has 2 aliphatic rings. The number of carbonyl (C=O) groups excluding carboxylic acids is 2. The molecule has 2 aromatic carbocycles. The summed E-state index contributed by atoms with van der Waals surface area (Å²) in [5, 5.41) is 2.23. The van der Waals surface area contributed by atoms with Gasteiger partial charge in [0, 0.05) is 38.9 Å². The van der Waals surface area contributed by atoms with Crippen LogP contribution in [0.25, 0.3) is 0 Å². The van der Waals surface area contributed by atoms with Crippen molar-refractivity contribution >= 4 is 11.8 Å². The quantitative estimate of drug-likeness (QED) is 0.674. The fourth-order valence-electron chi connectivity index (χ4n) is 4.75. The summed E-state index contributed by atoms with van der Waals surface area (Å²) >= 11 is 0. The molecule has 176 valence electrons. The third-order valence-corrected chi connectivity index (χ3v) is 6.10. The molecule has 2 fully saturated rings. The number of likely N-dealkylation sites (tertiary alicyclic amines) is 1. The van der Waals surface area contributed by atoms with Gasteiger partial charge in [-0.15, -0.1) is 0 Å². The molecule has 2 heterocycles. The molecule has 3 atom stereocenters. The monoisotopic (exact) mass is 458 g/mol. The summed E-state index contributed by atoms with van der Waals surface area (Å²) in [6.07, 6.45) is 1.29. The van der Waals surface area contributed by atoms with Gasteiger partial charge in [0.05, 0.1) is 12.2 Å². The minimum atomic E-state index is -2.55. The van der Waals surface area contributed by atoms with Gasteiger partial charge in [0.2, 0.25) is 5.91 Å². The van der Waals surface area contributed by atoms with Gasteiger partial charge >= 0.3 is 0 Å². The number of nitrogens with zero attached hydrogens (tertiary/aromatic N) is 1. The molecular weight excluding hydrogens is 430 g/mol. The zero-order valence-corrected chi connectivity index (χ0v) is 18.6. The van der Waals surface area contributed by atoms with Gasteiger partial charge in [-0.3, -0.25) is 9.59 Å². The first kappa shape index (κ1) is 23.2. The second kappa shape index (κ2) is 9.47. The molecule has 8 heteroatoms. The number of piperidine rings is 1. The van der Waals surface area contributed by atoms with E-state index in [4.69, 9.17) is 9.47 Å². The van der Waals surface area contributed by atoms with Gasteiger partial charge in [0.1, 0.15) is 17.7 Å². The zero-order valence-electron chi connectivity index (χ0n) is 18.6. The van der Waals surface area contributed by atoms with Crippen LogP contribution in [-0.2, 0) is 20.7 Å². The molecule has 0 aliphatic carbocycles. The lowest BCUT2D eigenvalue weighted by Gasteiger charge is -2.42. The molecule has 0 saturated carbocycles. The van der Waals surface area contributed by atoms with Gasteiger partial charge in [-0.25, -0.2) is 8.78 Å². The van der Waals surface area contributed by atoms with Gasteiger partial charge < -0.3 is 19.7 Å². The Hall–Kier alpha value is -3.00. The Morgan fingerprint density at radius 3 is 2.76 bits per heavy atom.